The average molecular weight is 509 g/mol. The Bertz CT molecular complexity index is 1060. The Morgan fingerprint density at radius 3 is 1.82 bits per heavy atom. The van der Waals surface area contributed by atoms with Crippen LogP contribution in [0.2, 0.25) is 0 Å². The summed E-state index contributed by atoms with van der Waals surface area (Å²) in [6.07, 6.45) is -9.60. The Hall–Kier alpha value is -2.51. The molecule has 0 radical (unpaired) electrons. The fourth-order valence-electron chi connectivity index (χ4n) is 2.97. The van der Waals surface area contributed by atoms with Gasteiger partial charge in [-0.25, -0.2) is 40.5 Å². The molecule has 0 aliphatic carbocycles. The van der Waals surface area contributed by atoms with Gasteiger partial charge in [0.05, 0.1) is 10.5 Å². The molecule has 2 rings (SSSR count). The summed E-state index contributed by atoms with van der Waals surface area (Å²) >= 11 is -0.247. The summed E-state index contributed by atoms with van der Waals surface area (Å²) in [5.74, 6) is -15.6. The van der Waals surface area contributed by atoms with E-state index in [1.807, 2.05) is 0 Å². The standard InChI is InChI=1S/C19H13F10NO2S/c1-5(2)3-6-7(4-33-15-12(23)10(21)9(20)11(22)13(15)24)16(19(27,28)29)30-14(17(25)26)8(6)18(31)32/h5,17H,3-4H2,1-2H3,(H,31,32). The first-order chi connectivity index (χ1) is 15.1. The van der Waals surface area contributed by atoms with E-state index in [0.717, 1.165) is 0 Å². The van der Waals surface area contributed by atoms with Crippen LogP contribution < -0.4 is 0 Å². The Balaban J connectivity index is 2.81. The minimum atomic E-state index is -5.40. The Kier molecular flexibility index (Phi) is 7.92. The number of pyridine rings is 1. The number of aromatic carboxylic acids is 1. The number of carboxylic acids is 1. The van der Waals surface area contributed by atoms with Crippen molar-refractivity contribution < 1.29 is 53.8 Å². The first kappa shape index (κ1) is 26.7. The molecule has 1 aromatic carbocycles. The largest absolute Gasteiger partial charge is 0.478 e. The van der Waals surface area contributed by atoms with E-state index in [1.165, 1.54) is 13.8 Å². The molecule has 1 N–H and O–H groups in total. The number of aromatic nitrogens is 1. The van der Waals surface area contributed by atoms with Crippen molar-refractivity contribution in [2.75, 3.05) is 0 Å². The van der Waals surface area contributed by atoms with Crippen LogP contribution in [0.15, 0.2) is 4.90 Å². The van der Waals surface area contributed by atoms with Gasteiger partial charge in [-0.1, -0.05) is 13.8 Å². The van der Waals surface area contributed by atoms with Gasteiger partial charge in [-0.3, -0.25) is 0 Å². The topological polar surface area (TPSA) is 50.2 Å². The summed E-state index contributed by atoms with van der Waals surface area (Å²) in [6, 6.07) is 0. The lowest BCUT2D eigenvalue weighted by molar-refractivity contribution is -0.142. The quantitative estimate of drug-likeness (QED) is 0.191. The van der Waals surface area contributed by atoms with Crippen molar-refractivity contribution >= 4 is 17.7 Å². The lowest BCUT2D eigenvalue weighted by Crippen LogP contribution is -2.21. The first-order valence-electron chi connectivity index (χ1n) is 8.87. The van der Waals surface area contributed by atoms with Gasteiger partial charge in [0, 0.05) is 5.75 Å². The monoisotopic (exact) mass is 509 g/mol. The van der Waals surface area contributed by atoms with Gasteiger partial charge >= 0.3 is 12.1 Å². The van der Waals surface area contributed by atoms with Crippen LogP contribution in [-0.2, 0) is 18.3 Å². The van der Waals surface area contributed by atoms with Crippen LogP contribution in [0.5, 0.6) is 0 Å². The van der Waals surface area contributed by atoms with E-state index in [-0.39, 0.29) is 11.8 Å². The molecule has 0 bridgehead atoms. The summed E-state index contributed by atoms with van der Waals surface area (Å²) in [5, 5.41) is 9.38. The van der Waals surface area contributed by atoms with Gasteiger partial charge in [0.1, 0.15) is 11.4 Å². The second-order valence-corrected chi connectivity index (χ2v) is 8.05. The highest BCUT2D eigenvalue weighted by Gasteiger charge is 2.40. The van der Waals surface area contributed by atoms with Gasteiger partial charge in [0.25, 0.3) is 6.43 Å². The van der Waals surface area contributed by atoms with Gasteiger partial charge in [0.2, 0.25) is 5.82 Å². The zero-order valence-electron chi connectivity index (χ0n) is 16.6. The predicted octanol–water partition coefficient (Wildman–Crippen LogP) is 6.92. The van der Waals surface area contributed by atoms with Crippen LogP contribution in [0.4, 0.5) is 43.9 Å². The smallest absolute Gasteiger partial charge is 0.433 e. The number of rotatable bonds is 7. The fraction of sp³-hybridized carbons (Fsp3) is 0.368. The molecule has 0 fully saturated rings. The third-order valence-electron chi connectivity index (χ3n) is 4.27. The molecule has 182 valence electrons. The van der Waals surface area contributed by atoms with E-state index in [9.17, 15) is 53.8 Å². The van der Waals surface area contributed by atoms with Crippen molar-refractivity contribution in [1.82, 2.24) is 4.98 Å². The molecule has 0 spiro atoms. The third-order valence-corrected chi connectivity index (χ3v) is 5.35. The molecule has 0 aliphatic heterocycles. The molecule has 0 saturated carbocycles. The Morgan fingerprint density at radius 1 is 0.939 bits per heavy atom. The second-order valence-electron chi connectivity index (χ2n) is 7.07. The minimum Gasteiger partial charge on any atom is -0.478 e. The van der Waals surface area contributed by atoms with Crippen LogP contribution in [0.1, 0.15) is 53.1 Å². The number of hydrogen-bond donors (Lipinski definition) is 1. The molecule has 14 heteroatoms. The summed E-state index contributed by atoms with van der Waals surface area (Å²) < 4.78 is 136. The predicted molar refractivity (Wildman–Crippen MR) is 95.5 cm³/mol. The van der Waals surface area contributed by atoms with Crippen LogP contribution in [0.25, 0.3) is 0 Å². The summed E-state index contributed by atoms with van der Waals surface area (Å²) in [4.78, 5) is 12.9. The maximum Gasteiger partial charge on any atom is 0.433 e. The SMILES string of the molecule is CC(C)Cc1c(CSc2c(F)c(F)c(F)c(F)c2F)c(C(F)(F)F)nc(C(F)F)c1C(=O)O. The van der Waals surface area contributed by atoms with E-state index >= 15 is 0 Å². The highest BCUT2D eigenvalue weighted by Crippen LogP contribution is 2.41. The number of hydrogen-bond acceptors (Lipinski definition) is 3. The molecular formula is C19H13F10NO2S. The lowest BCUT2D eigenvalue weighted by atomic mass is 9.91. The zero-order chi connectivity index (χ0) is 25.4. The van der Waals surface area contributed by atoms with Gasteiger partial charge < -0.3 is 5.11 Å². The highest BCUT2D eigenvalue weighted by molar-refractivity contribution is 7.98. The highest BCUT2D eigenvalue weighted by atomic mass is 32.2. The van der Waals surface area contributed by atoms with Crippen molar-refractivity contribution in [2.45, 2.75) is 43.5 Å². The molecule has 0 aliphatic rings. The molecule has 3 nitrogen and oxygen atoms in total. The van der Waals surface area contributed by atoms with Gasteiger partial charge in [0.15, 0.2) is 23.3 Å². The van der Waals surface area contributed by atoms with E-state index in [2.05, 4.69) is 4.98 Å². The number of nitrogens with zero attached hydrogens (tertiary/aromatic N) is 1. The van der Waals surface area contributed by atoms with Gasteiger partial charge in [-0.15, -0.1) is 11.8 Å². The fourth-order valence-corrected chi connectivity index (χ4v) is 4.00. The Labute approximate surface area is 183 Å². The molecule has 0 saturated heterocycles. The molecule has 1 heterocycles. The van der Waals surface area contributed by atoms with E-state index in [1.54, 1.807) is 0 Å². The minimum absolute atomic E-state index is 0.247. The summed E-state index contributed by atoms with van der Waals surface area (Å²) in [5.41, 5.74) is -6.58. The van der Waals surface area contributed by atoms with Crippen molar-refractivity contribution in [3.8, 4) is 0 Å². The number of halogens is 10. The lowest BCUT2D eigenvalue weighted by Gasteiger charge is -2.22. The third kappa shape index (κ3) is 5.36. The normalized spacial score (nSPS) is 12.2. The maximum atomic E-state index is 14.0. The molecule has 33 heavy (non-hydrogen) atoms. The molecule has 0 unspecified atom stereocenters. The summed E-state index contributed by atoms with van der Waals surface area (Å²) in [6.45, 7) is 2.87. The van der Waals surface area contributed by atoms with Crippen LogP contribution in [0.3, 0.4) is 0 Å². The average Bonchev–Trinajstić information content (AvgIpc) is 2.69. The van der Waals surface area contributed by atoms with E-state index < -0.39 is 98.7 Å². The summed E-state index contributed by atoms with van der Waals surface area (Å²) in [7, 11) is 0. The van der Waals surface area contributed by atoms with Crippen molar-refractivity contribution in [2.24, 2.45) is 5.92 Å². The van der Waals surface area contributed by atoms with Crippen molar-refractivity contribution in [3.05, 3.63) is 57.2 Å². The number of thioether (sulfide) groups is 1. The van der Waals surface area contributed by atoms with E-state index in [4.69, 9.17) is 0 Å². The van der Waals surface area contributed by atoms with Crippen molar-refractivity contribution in [3.63, 3.8) is 0 Å². The molecule has 1 aromatic heterocycles. The van der Waals surface area contributed by atoms with E-state index in [0.29, 0.717) is 0 Å². The number of benzene rings is 1. The van der Waals surface area contributed by atoms with Crippen LogP contribution >= 0.6 is 11.8 Å². The van der Waals surface area contributed by atoms with Crippen LogP contribution in [0, 0.1) is 35.0 Å². The number of carboxylic acid groups (broad SMARTS) is 1. The van der Waals surface area contributed by atoms with Crippen LogP contribution in [-0.4, -0.2) is 16.1 Å². The molecular weight excluding hydrogens is 496 g/mol. The van der Waals surface area contributed by atoms with Gasteiger partial charge in [-0.05, 0) is 23.5 Å². The number of carbonyl (C=O) groups is 1. The molecule has 0 amide bonds. The Morgan fingerprint density at radius 2 is 1.42 bits per heavy atom. The maximum absolute atomic E-state index is 14.0. The zero-order valence-corrected chi connectivity index (χ0v) is 17.4. The second kappa shape index (κ2) is 9.77. The first-order valence-corrected chi connectivity index (χ1v) is 9.86. The van der Waals surface area contributed by atoms with Crippen molar-refractivity contribution in [1.29, 1.82) is 0 Å². The molecule has 0 atom stereocenters. The molecule has 2 aromatic rings. The number of alkyl halides is 5. The van der Waals surface area contributed by atoms with Gasteiger partial charge in [-0.2, -0.15) is 13.2 Å².